The van der Waals surface area contributed by atoms with Gasteiger partial charge in [0.25, 0.3) is 5.88 Å². The lowest BCUT2D eigenvalue weighted by molar-refractivity contribution is -0.109. The molecule has 0 aromatic carbocycles. The highest BCUT2D eigenvalue weighted by atomic mass is 16.5. The van der Waals surface area contributed by atoms with Crippen molar-refractivity contribution in [1.82, 2.24) is 5.16 Å². The van der Waals surface area contributed by atoms with E-state index in [1.807, 2.05) is 6.92 Å². The average Bonchev–Trinajstić information content (AvgIpc) is 2.52. The summed E-state index contributed by atoms with van der Waals surface area (Å²) in [5, 5.41) is 3.62. The molecule has 0 aliphatic rings. The van der Waals surface area contributed by atoms with Crippen molar-refractivity contribution in [3.05, 3.63) is 11.8 Å². The van der Waals surface area contributed by atoms with Crippen molar-refractivity contribution in [3.63, 3.8) is 0 Å². The molecule has 1 aromatic rings. The van der Waals surface area contributed by atoms with Crippen molar-refractivity contribution in [2.75, 3.05) is 6.61 Å². The molecule has 66 valence electrons. The summed E-state index contributed by atoms with van der Waals surface area (Å²) in [7, 11) is 0. The van der Waals surface area contributed by atoms with Crippen LogP contribution in [0.4, 0.5) is 0 Å². The van der Waals surface area contributed by atoms with Gasteiger partial charge >= 0.3 is 0 Å². The smallest absolute Gasteiger partial charge is 0.254 e. The number of aldehydes is 1. The second kappa shape index (κ2) is 3.90. The molecule has 0 aliphatic carbocycles. The van der Waals surface area contributed by atoms with Crippen LogP contribution in [0.1, 0.15) is 25.5 Å². The maximum Gasteiger partial charge on any atom is 0.254 e. The Balaban J connectivity index is 2.69. The second-order valence-electron chi connectivity index (χ2n) is 2.43. The Kier molecular flexibility index (Phi) is 2.85. The van der Waals surface area contributed by atoms with E-state index in [-0.39, 0.29) is 5.92 Å². The van der Waals surface area contributed by atoms with Crippen molar-refractivity contribution in [3.8, 4) is 5.88 Å². The third kappa shape index (κ3) is 1.84. The second-order valence-corrected chi connectivity index (χ2v) is 2.43. The van der Waals surface area contributed by atoms with E-state index in [2.05, 4.69) is 5.16 Å². The van der Waals surface area contributed by atoms with E-state index >= 15 is 0 Å². The van der Waals surface area contributed by atoms with Crippen LogP contribution >= 0.6 is 0 Å². The van der Waals surface area contributed by atoms with Gasteiger partial charge < -0.3 is 14.1 Å². The maximum atomic E-state index is 10.3. The highest BCUT2D eigenvalue weighted by molar-refractivity contribution is 5.59. The number of hydrogen-bond donors (Lipinski definition) is 0. The first kappa shape index (κ1) is 8.77. The lowest BCUT2D eigenvalue weighted by Gasteiger charge is -1.93. The van der Waals surface area contributed by atoms with E-state index in [0.717, 1.165) is 6.29 Å². The van der Waals surface area contributed by atoms with Crippen molar-refractivity contribution >= 4 is 6.29 Å². The first-order valence-corrected chi connectivity index (χ1v) is 3.82. The molecular weight excluding hydrogens is 158 g/mol. The minimum atomic E-state index is -0.258. The van der Waals surface area contributed by atoms with Crippen LogP contribution in [0, 0.1) is 0 Å². The molecule has 0 aliphatic heterocycles. The molecule has 1 heterocycles. The van der Waals surface area contributed by atoms with Crippen LogP contribution < -0.4 is 4.74 Å². The summed E-state index contributed by atoms with van der Waals surface area (Å²) in [5.74, 6) is 0.710. The Labute approximate surface area is 70.5 Å². The molecule has 1 rings (SSSR count). The standard InChI is InChI=1S/C8H11NO3/c1-3-11-8-4-7(12-9-8)6(2)5-10/h4-6H,3H2,1-2H3. The molecule has 0 fully saturated rings. The summed E-state index contributed by atoms with van der Waals surface area (Å²) in [6.07, 6.45) is 0.802. The van der Waals surface area contributed by atoms with Crippen molar-refractivity contribution < 1.29 is 14.1 Å². The molecule has 1 atom stereocenters. The van der Waals surface area contributed by atoms with Gasteiger partial charge in [-0.05, 0) is 19.0 Å². The molecule has 1 aromatic heterocycles. The number of carbonyl (C=O) groups excluding carboxylic acids is 1. The Hall–Kier alpha value is -1.32. The van der Waals surface area contributed by atoms with Gasteiger partial charge in [-0.25, -0.2) is 0 Å². The monoisotopic (exact) mass is 169 g/mol. The molecular formula is C8H11NO3. The largest absolute Gasteiger partial charge is 0.476 e. The predicted octanol–water partition coefficient (Wildman–Crippen LogP) is 1.38. The Morgan fingerprint density at radius 3 is 3.17 bits per heavy atom. The molecule has 0 N–H and O–H groups in total. The number of ether oxygens (including phenoxy) is 1. The normalized spacial score (nSPS) is 12.5. The lowest BCUT2D eigenvalue weighted by atomic mass is 10.1. The van der Waals surface area contributed by atoms with Crippen LogP contribution in [0.25, 0.3) is 0 Å². The maximum absolute atomic E-state index is 10.3. The molecule has 1 unspecified atom stereocenters. The first-order chi connectivity index (χ1) is 5.77. The van der Waals surface area contributed by atoms with Gasteiger partial charge in [0.2, 0.25) is 0 Å². The molecule has 0 saturated heterocycles. The van der Waals surface area contributed by atoms with Gasteiger partial charge in [-0.15, -0.1) is 0 Å². The minimum absolute atomic E-state index is 0.258. The number of nitrogens with zero attached hydrogens (tertiary/aromatic N) is 1. The van der Waals surface area contributed by atoms with E-state index in [1.165, 1.54) is 0 Å². The van der Waals surface area contributed by atoms with Gasteiger partial charge in [0, 0.05) is 6.07 Å². The van der Waals surface area contributed by atoms with Crippen LogP contribution in [-0.4, -0.2) is 18.0 Å². The third-order valence-electron chi connectivity index (χ3n) is 1.45. The Bertz CT molecular complexity index is 257. The van der Waals surface area contributed by atoms with Crippen molar-refractivity contribution in [2.45, 2.75) is 19.8 Å². The summed E-state index contributed by atoms with van der Waals surface area (Å²) >= 11 is 0. The fraction of sp³-hybridized carbons (Fsp3) is 0.500. The Morgan fingerprint density at radius 1 is 1.83 bits per heavy atom. The summed E-state index contributed by atoms with van der Waals surface area (Å²) in [6.45, 7) is 4.14. The van der Waals surface area contributed by atoms with Gasteiger partial charge in [0.15, 0.2) is 5.76 Å². The van der Waals surface area contributed by atoms with Gasteiger partial charge in [-0.3, -0.25) is 0 Å². The average molecular weight is 169 g/mol. The van der Waals surface area contributed by atoms with Crippen LogP contribution in [-0.2, 0) is 4.79 Å². The van der Waals surface area contributed by atoms with Crippen molar-refractivity contribution in [2.24, 2.45) is 0 Å². The summed E-state index contributed by atoms with van der Waals surface area (Å²) in [5.41, 5.74) is 0. The molecule has 12 heavy (non-hydrogen) atoms. The summed E-state index contributed by atoms with van der Waals surface area (Å²) < 4.78 is 9.92. The van der Waals surface area contributed by atoms with Crippen LogP contribution in [0.5, 0.6) is 5.88 Å². The van der Waals surface area contributed by atoms with E-state index in [4.69, 9.17) is 9.26 Å². The van der Waals surface area contributed by atoms with Crippen molar-refractivity contribution in [1.29, 1.82) is 0 Å². The summed E-state index contributed by atoms with van der Waals surface area (Å²) in [6, 6.07) is 1.63. The number of aromatic nitrogens is 1. The highest BCUT2D eigenvalue weighted by Gasteiger charge is 2.10. The zero-order valence-corrected chi connectivity index (χ0v) is 7.11. The first-order valence-electron chi connectivity index (χ1n) is 3.82. The highest BCUT2D eigenvalue weighted by Crippen LogP contribution is 2.18. The van der Waals surface area contributed by atoms with E-state index in [1.54, 1.807) is 13.0 Å². The van der Waals surface area contributed by atoms with Crippen LogP contribution in [0.15, 0.2) is 10.6 Å². The van der Waals surface area contributed by atoms with Gasteiger partial charge in [-0.2, -0.15) is 0 Å². The number of carbonyl (C=O) groups is 1. The molecule has 0 saturated carbocycles. The topological polar surface area (TPSA) is 52.3 Å². The molecule has 0 bridgehead atoms. The quantitative estimate of drug-likeness (QED) is 0.639. The van der Waals surface area contributed by atoms with Crippen LogP contribution in [0.2, 0.25) is 0 Å². The van der Waals surface area contributed by atoms with E-state index in [0.29, 0.717) is 18.2 Å². The lowest BCUT2D eigenvalue weighted by Crippen LogP contribution is -1.91. The zero-order chi connectivity index (χ0) is 8.97. The van der Waals surface area contributed by atoms with Gasteiger partial charge in [0.05, 0.1) is 12.5 Å². The molecule has 0 radical (unpaired) electrons. The SMILES string of the molecule is CCOc1cc(C(C)C=O)on1. The van der Waals surface area contributed by atoms with E-state index < -0.39 is 0 Å². The molecule has 4 heteroatoms. The predicted molar refractivity (Wildman–Crippen MR) is 42.2 cm³/mol. The zero-order valence-electron chi connectivity index (χ0n) is 7.11. The van der Waals surface area contributed by atoms with E-state index in [9.17, 15) is 4.79 Å². The minimum Gasteiger partial charge on any atom is -0.476 e. The summed E-state index contributed by atoms with van der Waals surface area (Å²) in [4.78, 5) is 10.3. The molecule has 4 nitrogen and oxygen atoms in total. The van der Waals surface area contributed by atoms with Gasteiger partial charge in [-0.1, -0.05) is 0 Å². The fourth-order valence-electron chi connectivity index (χ4n) is 0.770. The van der Waals surface area contributed by atoms with Crippen LogP contribution in [0.3, 0.4) is 0 Å². The Morgan fingerprint density at radius 2 is 2.58 bits per heavy atom. The number of rotatable bonds is 4. The molecule has 0 spiro atoms. The molecule has 0 amide bonds. The van der Waals surface area contributed by atoms with Gasteiger partial charge in [0.1, 0.15) is 6.29 Å². The fourth-order valence-corrected chi connectivity index (χ4v) is 0.770. The third-order valence-corrected chi connectivity index (χ3v) is 1.45. The number of hydrogen-bond acceptors (Lipinski definition) is 4.